The van der Waals surface area contributed by atoms with E-state index in [4.69, 9.17) is 23.7 Å². The van der Waals surface area contributed by atoms with Crippen molar-refractivity contribution in [2.75, 3.05) is 6.61 Å². The summed E-state index contributed by atoms with van der Waals surface area (Å²) in [5.41, 5.74) is -9.28. The van der Waals surface area contributed by atoms with Crippen LogP contribution in [0.1, 0.15) is 46.5 Å². The van der Waals surface area contributed by atoms with Gasteiger partial charge in [0, 0.05) is 5.92 Å². The van der Waals surface area contributed by atoms with Gasteiger partial charge in [0.05, 0.1) is 30.0 Å². The Labute approximate surface area is 223 Å². The molecule has 8 fully saturated rings. The molecule has 11 heteroatoms. The monoisotopic (exact) mass is 542 g/mol. The summed E-state index contributed by atoms with van der Waals surface area (Å²) in [6, 6.07) is 0. The summed E-state index contributed by atoms with van der Waals surface area (Å²) < 4.78 is 31.1. The van der Waals surface area contributed by atoms with Crippen molar-refractivity contribution in [2.24, 2.45) is 34.5 Å². The van der Waals surface area contributed by atoms with Crippen LogP contribution in [0.5, 0.6) is 0 Å². The van der Waals surface area contributed by atoms with Gasteiger partial charge in [0.15, 0.2) is 28.4 Å². The van der Waals surface area contributed by atoms with Gasteiger partial charge in [-0.05, 0) is 63.0 Å². The molecule has 208 valence electrons. The minimum atomic E-state index is -2.26. The minimum absolute atomic E-state index is 0.0472. The molecule has 9 rings (SSSR count). The maximum absolute atomic E-state index is 14.9. The van der Waals surface area contributed by atoms with Crippen LogP contribution in [0.3, 0.4) is 0 Å². The van der Waals surface area contributed by atoms with Crippen LogP contribution in [0, 0.1) is 34.5 Å². The fraction of sp³-hybridized carbons (Fsp3) is 0.786. The first-order valence-corrected chi connectivity index (χ1v) is 13.9. The Hall–Kier alpha value is -2.18. The molecule has 0 aromatic rings. The molecule has 14 unspecified atom stereocenters. The van der Waals surface area contributed by atoms with Crippen LogP contribution in [0.15, 0.2) is 12.2 Å². The van der Waals surface area contributed by atoms with E-state index >= 15 is 0 Å². The van der Waals surface area contributed by atoms with Crippen molar-refractivity contribution in [3.8, 4) is 0 Å². The largest absolute Gasteiger partial charge is 0.458 e. The molecule has 0 amide bonds. The maximum atomic E-state index is 14.9. The number of aliphatic hydroxyl groups is 2. The first kappa shape index (κ1) is 23.5. The second-order valence-corrected chi connectivity index (χ2v) is 13.9. The first-order valence-electron chi connectivity index (χ1n) is 13.9. The number of carbonyl (C=O) groups is 4. The van der Waals surface area contributed by atoms with Gasteiger partial charge in [-0.3, -0.25) is 14.4 Å². The third kappa shape index (κ3) is 1.90. The number of allylic oxidation sites excluding steroid dienone is 1. The molecule has 2 saturated carbocycles. The fourth-order valence-electron chi connectivity index (χ4n) is 11.0. The lowest BCUT2D eigenvalue weighted by atomic mass is 9.46. The SMILES string of the molecule is CC12CC3OC(=O)C1COC14OC5(C2C1=O)C(O)(CCC1C4CC(O)C24OC2C=CC(=O)C14C)C(=O)OC35C. The number of fused-ring (bicyclic) bond motifs is 4. The van der Waals surface area contributed by atoms with Crippen LogP contribution >= 0.6 is 0 Å². The average Bonchev–Trinajstić information content (AvgIpc) is 3.52. The minimum Gasteiger partial charge on any atom is -0.458 e. The molecule has 3 aliphatic carbocycles. The van der Waals surface area contributed by atoms with E-state index in [0.29, 0.717) is 0 Å². The van der Waals surface area contributed by atoms with Gasteiger partial charge in [0.25, 0.3) is 0 Å². The third-order valence-corrected chi connectivity index (χ3v) is 13.0. The van der Waals surface area contributed by atoms with Gasteiger partial charge in [-0.1, -0.05) is 6.92 Å². The van der Waals surface area contributed by atoms with Crippen molar-refractivity contribution < 1.29 is 53.1 Å². The molecule has 5 bridgehead atoms. The maximum Gasteiger partial charge on any atom is 0.342 e. The highest BCUT2D eigenvalue weighted by Crippen LogP contribution is 2.76. The van der Waals surface area contributed by atoms with Gasteiger partial charge in [-0.2, -0.15) is 0 Å². The van der Waals surface area contributed by atoms with E-state index < -0.39 is 98.7 Å². The van der Waals surface area contributed by atoms with E-state index in [1.165, 1.54) is 6.08 Å². The molecule has 3 spiro atoms. The number of Topliss-reactive ketones (excluding diaryl/α,β-unsaturated/α-hetero) is 1. The molecule has 0 radical (unpaired) electrons. The van der Waals surface area contributed by atoms with Crippen LogP contribution < -0.4 is 0 Å². The highest BCUT2D eigenvalue weighted by Gasteiger charge is 2.94. The quantitative estimate of drug-likeness (QED) is 0.307. The molecule has 39 heavy (non-hydrogen) atoms. The lowest BCUT2D eigenvalue weighted by molar-refractivity contribution is -0.378. The second kappa shape index (κ2) is 6.04. The summed E-state index contributed by atoms with van der Waals surface area (Å²) in [6.45, 7) is 4.95. The summed E-state index contributed by atoms with van der Waals surface area (Å²) >= 11 is 0. The summed E-state index contributed by atoms with van der Waals surface area (Å²) in [7, 11) is 0. The van der Waals surface area contributed by atoms with Crippen molar-refractivity contribution >= 4 is 23.5 Å². The molecular weight excluding hydrogens is 512 g/mol. The van der Waals surface area contributed by atoms with Crippen LogP contribution in [0.25, 0.3) is 0 Å². The van der Waals surface area contributed by atoms with E-state index in [0.717, 1.165) is 0 Å². The first-order chi connectivity index (χ1) is 18.3. The standard InChI is InChI=1S/C28H30O11/c1-22-9-17-24(3)28-18(22)19(31)27(39-28,35-10-13(22)20(32)36-17)12-8-15(30)26-16(37-26)5-4-14(29)23(26,2)11(12)6-7-25(28,34)21(33)38-24/h4-5,11-13,15-18,30,34H,6-10H2,1-3H3. The normalized spacial score (nSPS) is 64.7. The third-order valence-electron chi connectivity index (χ3n) is 13.0. The van der Waals surface area contributed by atoms with Gasteiger partial charge in [-0.15, -0.1) is 0 Å². The van der Waals surface area contributed by atoms with E-state index in [9.17, 15) is 29.4 Å². The molecule has 9 aliphatic rings. The number of ketones is 2. The number of rotatable bonds is 0. The van der Waals surface area contributed by atoms with Crippen molar-refractivity contribution in [2.45, 2.75) is 93.0 Å². The Morgan fingerprint density at radius 1 is 1.08 bits per heavy atom. The summed E-state index contributed by atoms with van der Waals surface area (Å²) in [5.74, 6) is -7.64. The number of hydrogen-bond acceptors (Lipinski definition) is 11. The van der Waals surface area contributed by atoms with Gasteiger partial charge >= 0.3 is 11.9 Å². The molecule has 14 atom stereocenters. The lowest BCUT2D eigenvalue weighted by Crippen LogP contribution is -2.79. The van der Waals surface area contributed by atoms with Crippen LogP contribution in [-0.4, -0.2) is 86.8 Å². The van der Waals surface area contributed by atoms with Crippen LogP contribution in [-0.2, 0) is 42.9 Å². The van der Waals surface area contributed by atoms with Gasteiger partial charge in [0.2, 0.25) is 5.79 Å². The smallest absolute Gasteiger partial charge is 0.342 e. The number of aliphatic hydroxyl groups excluding tert-OH is 1. The van der Waals surface area contributed by atoms with Gasteiger partial charge in [-0.25, -0.2) is 4.79 Å². The molecule has 6 saturated heterocycles. The number of carbonyl (C=O) groups excluding carboxylic acids is 4. The van der Waals surface area contributed by atoms with E-state index in [2.05, 4.69) is 0 Å². The molecular formula is C28H30O11. The highest BCUT2D eigenvalue weighted by atomic mass is 16.8. The number of epoxide rings is 1. The van der Waals surface area contributed by atoms with Crippen molar-refractivity contribution in [1.29, 1.82) is 0 Å². The molecule has 2 N–H and O–H groups in total. The number of hydrogen-bond donors (Lipinski definition) is 2. The summed E-state index contributed by atoms with van der Waals surface area (Å²) in [6.07, 6.45) is 0.918. The van der Waals surface area contributed by atoms with Crippen molar-refractivity contribution in [1.82, 2.24) is 0 Å². The summed E-state index contributed by atoms with van der Waals surface area (Å²) in [5, 5.41) is 24.0. The van der Waals surface area contributed by atoms with Crippen LogP contribution in [0.2, 0.25) is 0 Å². The van der Waals surface area contributed by atoms with E-state index in [1.54, 1.807) is 19.9 Å². The molecule has 0 aromatic heterocycles. The zero-order chi connectivity index (χ0) is 27.3. The Morgan fingerprint density at radius 3 is 2.62 bits per heavy atom. The molecule has 11 nitrogen and oxygen atoms in total. The average molecular weight is 543 g/mol. The summed E-state index contributed by atoms with van der Waals surface area (Å²) in [4.78, 5) is 55.7. The van der Waals surface area contributed by atoms with Gasteiger partial charge in [0.1, 0.15) is 17.8 Å². The lowest BCUT2D eigenvalue weighted by Gasteiger charge is -2.63. The highest BCUT2D eigenvalue weighted by molar-refractivity contribution is 6.01. The fourth-order valence-corrected chi connectivity index (χ4v) is 11.0. The van der Waals surface area contributed by atoms with Crippen molar-refractivity contribution in [3.63, 3.8) is 0 Å². The molecule has 6 aliphatic heterocycles. The Bertz CT molecular complexity index is 1370. The van der Waals surface area contributed by atoms with Crippen LogP contribution in [0.4, 0.5) is 0 Å². The Balaban J connectivity index is 1.34. The second-order valence-electron chi connectivity index (χ2n) is 13.9. The zero-order valence-electron chi connectivity index (χ0n) is 21.8. The van der Waals surface area contributed by atoms with E-state index in [-0.39, 0.29) is 38.1 Å². The number of ether oxygens (including phenoxy) is 5. The topological polar surface area (TPSA) is 158 Å². The van der Waals surface area contributed by atoms with Gasteiger partial charge < -0.3 is 33.9 Å². The zero-order valence-corrected chi connectivity index (χ0v) is 21.8. The molecule has 6 heterocycles. The predicted molar refractivity (Wildman–Crippen MR) is 123 cm³/mol. The number of esters is 2. The van der Waals surface area contributed by atoms with Crippen molar-refractivity contribution in [3.05, 3.63) is 12.2 Å². The molecule has 0 aromatic carbocycles. The Morgan fingerprint density at radius 2 is 1.85 bits per heavy atom. The Kier molecular flexibility index (Phi) is 3.64. The van der Waals surface area contributed by atoms with E-state index in [1.807, 2.05) is 6.92 Å². The predicted octanol–water partition coefficient (Wildman–Crippen LogP) is -0.261.